The van der Waals surface area contributed by atoms with Crippen molar-refractivity contribution >= 4 is 12.0 Å². The summed E-state index contributed by atoms with van der Waals surface area (Å²) in [7, 11) is 1.23. The zero-order chi connectivity index (χ0) is 13.0. The lowest BCUT2D eigenvalue weighted by Gasteiger charge is -2.18. The average molecular weight is 245 g/mol. The van der Waals surface area contributed by atoms with Gasteiger partial charge >= 0.3 is 5.97 Å². The van der Waals surface area contributed by atoms with Crippen molar-refractivity contribution in [2.75, 3.05) is 20.3 Å². The lowest BCUT2D eigenvalue weighted by molar-refractivity contribution is -0.135. The highest BCUT2D eigenvalue weighted by molar-refractivity contribution is 5.97. The fourth-order valence-electron chi connectivity index (χ4n) is 1.56. The molecule has 0 aliphatic carbocycles. The Labute approximate surface area is 104 Å². The third kappa shape index (κ3) is 2.43. The van der Waals surface area contributed by atoms with Crippen LogP contribution < -0.4 is 9.47 Å². The van der Waals surface area contributed by atoms with Gasteiger partial charge in [-0.05, 0) is 23.8 Å². The molecule has 0 N–H and O–H groups in total. The first kappa shape index (κ1) is 12.0. The lowest BCUT2D eigenvalue weighted by Crippen LogP contribution is -2.15. The van der Waals surface area contributed by atoms with E-state index in [1.807, 2.05) is 0 Å². The molecule has 0 saturated heterocycles. The Balaban J connectivity index is 2.32. The zero-order valence-electron chi connectivity index (χ0n) is 9.80. The standard InChI is InChI=1S/C13H11NO4/c1-16-13(15)10(8-14)6-9-2-3-11-12(7-9)18-5-4-17-11/h2-3,6-7H,4-5H2,1H3. The van der Waals surface area contributed by atoms with Crippen LogP contribution in [-0.2, 0) is 9.53 Å². The van der Waals surface area contributed by atoms with E-state index in [1.54, 1.807) is 24.3 Å². The minimum Gasteiger partial charge on any atom is -0.486 e. The highest BCUT2D eigenvalue weighted by atomic mass is 16.6. The largest absolute Gasteiger partial charge is 0.486 e. The molecule has 0 unspecified atom stereocenters. The monoisotopic (exact) mass is 245 g/mol. The van der Waals surface area contributed by atoms with Crippen LogP contribution in [0.5, 0.6) is 11.5 Å². The van der Waals surface area contributed by atoms with Gasteiger partial charge in [0.1, 0.15) is 24.9 Å². The van der Waals surface area contributed by atoms with Gasteiger partial charge in [0, 0.05) is 0 Å². The molecule has 5 heteroatoms. The van der Waals surface area contributed by atoms with Gasteiger partial charge in [-0.2, -0.15) is 5.26 Å². The van der Waals surface area contributed by atoms with Gasteiger partial charge in [0.2, 0.25) is 0 Å². The first-order valence-corrected chi connectivity index (χ1v) is 5.34. The molecule has 2 rings (SSSR count). The number of hydrogen-bond donors (Lipinski definition) is 0. The summed E-state index contributed by atoms with van der Waals surface area (Å²) in [5.74, 6) is 0.611. The molecule has 0 radical (unpaired) electrons. The van der Waals surface area contributed by atoms with E-state index in [9.17, 15) is 4.79 Å². The van der Waals surface area contributed by atoms with Gasteiger partial charge in [-0.15, -0.1) is 0 Å². The Morgan fingerprint density at radius 1 is 1.39 bits per heavy atom. The van der Waals surface area contributed by atoms with E-state index in [0.717, 1.165) is 0 Å². The number of nitrogens with zero attached hydrogens (tertiary/aromatic N) is 1. The molecule has 0 fully saturated rings. The third-order valence-corrected chi connectivity index (χ3v) is 2.40. The van der Waals surface area contributed by atoms with Crippen LogP contribution in [0.1, 0.15) is 5.56 Å². The second kappa shape index (κ2) is 5.23. The van der Waals surface area contributed by atoms with Crippen molar-refractivity contribution in [1.82, 2.24) is 0 Å². The summed E-state index contributed by atoms with van der Waals surface area (Å²) in [5, 5.41) is 8.85. The van der Waals surface area contributed by atoms with Crippen molar-refractivity contribution < 1.29 is 19.0 Å². The molecule has 5 nitrogen and oxygen atoms in total. The number of nitriles is 1. The van der Waals surface area contributed by atoms with Crippen molar-refractivity contribution in [2.24, 2.45) is 0 Å². The highest BCUT2D eigenvalue weighted by Gasteiger charge is 2.13. The van der Waals surface area contributed by atoms with E-state index in [4.69, 9.17) is 14.7 Å². The van der Waals surface area contributed by atoms with Gasteiger partial charge in [0.05, 0.1) is 7.11 Å². The number of carbonyl (C=O) groups excluding carboxylic acids is 1. The van der Waals surface area contributed by atoms with Crippen LogP contribution in [0.25, 0.3) is 6.08 Å². The number of hydrogen-bond acceptors (Lipinski definition) is 5. The van der Waals surface area contributed by atoms with E-state index < -0.39 is 5.97 Å². The predicted octanol–water partition coefficient (Wildman–Crippen LogP) is 1.54. The maximum Gasteiger partial charge on any atom is 0.348 e. The molecule has 0 amide bonds. The van der Waals surface area contributed by atoms with Crippen LogP contribution >= 0.6 is 0 Å². The number of methoxy groups -OCH3 is 1. The zero-order valence-corrected chi connectivity index (χ0v) is 9.80. The minimum absolute atomic E-state index is 0.0609. The molecule has 1 aliphatic rings. The summed E-state index contributed by atoms with van der Waals surface area (Å²) in [6.07, 6.45) is 1.45. The molecule has 92 valence electrons. The molecule has 0 spiro atoms. The fourth-order valence-corrected chi connectivity index (χ4v) is 1.56. The number of ether oxygens (including phenoxy) is 3. The molecule has 0 atom stereocenters. The Kier molecular flexibility index (Phi) is 3.49. The molecule has 0 saturated carbocycles. The normalized spacial score (nSPS) is 13.7. The minimum atomic E-state index is -0.660. The van der Waals surface area contributed by atoms with E-state index in [-0.39, 0.29) is 5.57 Å². The third-order valence-electron chi connectivity index (χ3n) is 2.40. The van der Waals surface area contributed by atoms with Crippen molar-refractivity contribution in [3.8, 4) is 17.6 Å². The Bertz CT molecular complexity index is 542. The van der Waals surface area contributed by atoms with Crippen molar-refractivity contribution in [3.63, 3.8) is 0 Å². The van der Waals surface area contributed by atoms with Crippen LogP contribution in [-0.4, -0.2) is 26.3 Å². The quantitative estimate of drug-likeness (QED) is 0.449. The molecule has 18 heavy (non-hydrogen) atoms. The summed E-state index contributed by atoms with van der Waals surface area (Å²) < 4.78 is 15.3. The summed E-state index contributed by atoms with van der Waals surface area (Å²) in [6.45, 7) is 1.01. The predicted molar refractivity (Wildman–Crippen MR) is 63.0 cm³/mol. The van der Waals surface area contributed by atoms with Crippen molar-refractivity contribution in [2.45, 2.75) is 0 Å². The summed E-state index contributed by atoms with van der Waals surface area (Å²) in [4.78, 5) is 11.3. The van der Waals surface area contributed by atoms with Crippen molar-refractivity contribution in [1.29, 1.82) is 5.26 Å². The maximum atomic E-state index is 11.3. The van der Waals surface area contributed by atoms with Crippen LogP contribution in [0.2, 0.25) is 0 Å². The first-order valence-electron chi connectivity index (χ1n) is 5.34. The average Bonchev–Trinajstić information content (AvgIpc) is 2.43. The molecular weight excluding hydrogens is 234 g/mol. The van der Waals surface area contributed by atoms with Gasteiger partial charge in [-0.1, -0.05) is 6.07 Å². The Morgan fingerprint density at radius 3 is 2.78 bits per heavy atom. The van der Waals surface area contributed by atoms with Crippen LogP contribution in [0.4, 0.5) is 0 Å². The van der Waals surface area contributed by atoms with E-state index in [0.29, 0.717) is 30.3 Å². The maximum absolute atomic E-state index is 11.3. The Hall–Kier alpha value is -2.48. The smallest absolute Gasteiger partial charge is 0.348 e. The molecule has 1 aromatic rings. The molecule has 0 bridgehead atoms. The molecule has 0 aromatic heterocycles. The number of fused-ring (bicyclic) bond motifs is 1. The van der Waals surface area contributed by atoms with E-state index in [2.05, 4.69) is 4.74 Å². The summed E-state index contributed by atoms with van der Waals surface area (Å²) in [5.41, 5.74) is 0.621. The number of carbonyl (C=O) groups is 1. The fraction of sp³-hybridized carbons (Fsp3) is 0.231. The van der Waals surface area contributed by atoms with Crippen molar-refractivity contribution in [3.05, 3.63) is 29.3 Å². The van der Waals surface area contributed by atoms with Gasteiger partial charge in [0.15, 0.2) is 11.5 Å². The van der Waals surface area contributed by atoms with E-state index >= 15 is 0 Å². The molecule has 1 aliphatic heterocycles. The highest BCUT2D eigenvalue weighted by Crippen LogP contribution is 2.31. The summed E-state index contributed by atoms with van der Waals surface area (Å²) in [6, 6.07) is 7.00. The number of esters is 1. The molecule has 1 aromatic carbocycles. The molecule has 1 heterocycles. The first-order chi connectivity index (χ1) is 8.74. The second-order valence-electron chi connectivity index (χ2n) is 3.56. The van der Waals surface area contributed by atoms with Gasteiger partial charge in [-0.25, -0.2) is 4.79 Å². The van der Waals surface area contributed by atoms with Crippen LogP contribution in [0, 0.1) is 11.3 Å². The van der Waals surface area contributed by atoms with Gasteiger partial charge in [-0.3, -0.25) is 0 Å². The van der Waals surface area contributed by atoms with Gasteiger partial charge in [0.25, 0.3) is 0 Å². The summed E-state index contributed by atoms with van der Waals surface area (Å²) >= 11 is 0. The topological polar surface area (TPSA) is 68.6 Å². The van der Waals surface area contributed by atoms with Crippen LogP contribution in [0.3, 0.4) is 0 Å². The van der Waals surface area contributed by atoms with Gasteiger partial charge < -0.3 is 14.2 Å². The lowest BCUT2D eigenvalue weighted by atomic mass is 10.1. The number of benzene rings is 1. The number of rotatable bonds is 2. The Morgan fingerprint density at radius 2 is 2.11 bits per heavy atom. The molecular formula is C13H11NO4. The van der Waals surface area contributed by atoms with E-state index in [1.165, 1.54) is 13.2 Å². The van der Waals surface area contributed by atoms with Crippen LogP contribution in [0.15, 0.2) is 23.8 Å². The SMILES string of the molecule is COC(=O)C(C#N)=Cc1ccc2c(c1)OCCO2. The second-order valence-corrected chi connectivity index (χ2v) is 3.56.